The van der Waals surface area contributed by atoms with Crippen LogP contribution in [-0.2, 0) is 16.1 Å². The molecular weight excluding hydrogens is 446 g/mol. The molecule has 4 rings (SSSR count). The molecule has 3 aromatic rings. The molecule has 1 saturated heterocycles. The van der Waals surface area contributed by atoms with Crippen molar-refractivity contribution in [2.75, 3.05) is 14.2 Å². The largest absolute Gasteiger partial charge is 0.507 e. The van der Waals surface area contributed by atoms with Crippen molar-refractivity contribution in [3.8, 4) is 11.5 Å². The Morgan fingerprint density at radius 3 is 2.52 bits per heavy atom. The molecular formula is C24H20ClN3O5. The second kappa shape index (κ2) is 9.30. The monoisotopic (exact) mass is 465 g/mol. The van der Waals surface area contributed by atoms with Gasteiger partial charge in [0.05, 0.1) is 36.1 Å². The van der Waals surface area contributed by atoms with Gasteiger partial charge in [-0.2, -0.15) is 0 Å². The van der Waals surface area contributed by atoms with Crippen LogP contribution in [0.15, 0.2) is 66.6 Å². The maximum Gasteiger partial charge on any atom is 0.296 e. The van der Waals surface area contributed by atoms with Crippen LogP contribution in [-0.4, -0.2) is 45.9 Å². The molecule has 0 aliphatic carbocycles. The molecule has 8 nitrogen and oxygen atoms in total. The normalized spacial score (nSPS) is 17.3. The molecule has 2 aromatic heterocycles. The van der Waals surface area contributed by atoms with Crippen molar-refractivity contribution >= 4 is 29.1 Å². The molecule has 0 radical (unpaired) electrons. The Morgan fingerprint density at radius 2 is 1.88 bits per heavy atom. The highest BCUT2D eigenvalue weighted by Gasteiger charge is 2.47. The first-order valence-corrected chi connectivity index (χ1v) is 10.3. The molecule has 0 spiro atoms. The van der Waals surface area contributed by atoms with E-state index in [1.807, 2.05) is 0 Å². The lowest BCUT2D eigenvalue weighted by Gasteiger charge is -2.24. The van der Waals surface area contributed by atoms with Crippen LogP contribution in [0, 0.1) is 0 Å². The third kappa shape index (κ3) is 4.12. The Morgan fingerprint density at radius 1 is 1.09 bits per heavy atom. The Bertz CT molecular complexity index is 1230. The fraction of sp³-hybridized carbons (Fsp3) is 0.167. The van der Waals surface area contributed by atoms with Crippen LogP contribution in [0.1, 0.15) is 22.9 Å². The summed E-state index contributed by atoms with van der Waals surface area (Å²) in [5, 5.41) is 11.6. The number of carbonyl (C=O) groups is 2. The van der Waals surface area contributed by atoms with Crippen LogP contribution in [0.4, 0.5) is 0 Å². The van der Waals surface area contributed by atoms with Crippen molar-refractivity contribution in [3.05, 3.63) is 88.5 Å². The second-order valence-corrected chi connectivity index (χ2v) is 7.64. The summed E-state index contributed by atoms with van der Waals surface area (Å²) in [6.45, 7) is 0.109. The smallest absolute Gasteiger partial charge is 0.296 e. The number of benzene rings is 1. The van der Waals surface area contributed by atoms with Gasteiger partial charge in [-0.1, -0.05) is 23.7 Å². The quantitative estimate of drug-likeness (QED) is 0.336. The third-order valence-corrected chi connectivity index (χ3v) is 5.61. The molecule has 33 heavy (non-hydrogen) atoms. The van der Waals surface area contributed by atoms with E-state index in [2.05, 4.69) is 9.97 Å². The summed E-state index contributed by atoms with van der Waals surface area (Å²) in [4.78, 5) is 36.1. The van der Waals surface area contributed by atoms with E-state index >= 15 is 0 Å². The lowest BCUT2D eigenvalue weighted by atomic mass is 9.97. The molecule has 168 valence electrons. The first-order chi connectivity index (χ1) is 16.0. The van der Waals surface area contributed by atoms with Crippen LogP contribution in [0.3, 0.4) is 0 Å². The number of aromatic nitrogens is 2. The number of aliphatic hydroxyl groups is 1. The van der Waals surface area contributed by atoms with Crippen LogP contribution in [0.2, 0.25) is 5.02 Å². The van der Waals surface area contributed by atoms with Crippen molar-refractivity contribution in [1.82, 2.24) is 14.9 Å². The SMILES string of the molecule is COc1cc(/C(O)=C2\C(=O)C(=O)N(Cc3cccnc3)C2c2ccccn2)c(OC)cc1Cl. The maximum absolute atomic E-state index is 13.2. The molecule has 0 saturated carbocycles. The van der Waals surface area contributed by atoms with E-state index in [4.69, 9.17) is 21.1 Å². The van der Waals surface area contributed by atoms with Gasteiger partial charge < -0.3 is 19.5 Å². The highest BCUT2D eigenvalue weighted by molar-refractivity contribution is 6.46. The van der Waals surface area contributed by atoms with Gasteiger partial charge in [-0.3, -0.25) is 19.6 Å². The lowest BCUT2D eigenvalue weighted by Crippen LogP contribution is -2.29. The van der Waals surface area contributed by atoms with Crippen molar-refractivity contribution < 1.29 is 24.2 Å². The van der Waals surface area contributed by atoms with E-state index in [-0.39, 0.29) is 34.2 Å². The fourth-order valence-corrected chi connectivity index (χ4v) is 4.00. The van der Waals surface area contributed by atoms with Gasteiger partial charge in [0.1, 0.15) is 23.3 Å². The van der Waals surface area contributed by atoms with Crippen LogP contribution in [0.25, 0.3) is 5.76 Å². The average molecular weight is 466 g/mol. The van der Waals surface area contributed by atoms with Crippen LogP contribution >= 0.6 is 11.6 Å². The van der Waals surface area contributed by atoms with E-state index in [9.17, 15) is 14.7 Å². The Balaban J connectivity index is 1.91. The van der Waals surface area contributed by atoms with E-state index < -0.39 is 23.5 Å². The van der Waals surface area contributed by atoms with E-state index in [0.29, 0.717) is 5.69 Å². The lowest BCUT2D eigenvalue weighted by molar-refractivity contribution is -0.140. The molecule has 1 aliphatic rings. The summed E-state index contributed by atoms with van der Waals surface area (Å²) in [6.07, 6.45) is 4.79. The number of ether oxygens (including phenoxy) is 2. The highest BCUT2D eigenvalue weighted by atomic mass is 35.5. The summed E-state index contributed by atoms with van der Waals surface area (Å²) in [5.74, 6) is -1.50. The molecule has 1 aromatic carbocycles. The molecule has 3 heterocycles. The second-order valence-electron chi connectivity index (χ2n) is 7.23. The van der Waals surface area contributed by atoms with Crippen molar-refractivity contribution in [2.45, 2.75) is 12.6 Å². The number of hydrogen-bond acceptors (Lipinski definition) is 7. The summed E-state index contributed by atoms with van der Waals surface area (Å²) < 4.78 is 10.6. The first kappa shape index (κ1) is 22.3. The third-order valence-electron chi connectivity index (χ3n) is 5.31. The number of likely N-dealkylation sites (tertiary alicyclic amines) is 1. The van der Waals surface area contributed by atoms with Crippen molar-refractivity contribution in [1.29, 1.82) is 0 Å². The maximum atomic E-state index is 13.2. The van der Waals surface area contributed by atoms with Gasteiger partial charge in [-0.05, 0) is 29.8 Å². The summed E-state index contributed by atoms with van der Waals surface area (Å²) >= 11 is 6.19. The topological polar surface area (TPSA) is 102 Å². The Labute approximate surface area is 195 Å². The summed E-state index contributed by atoms with van der Waals surface area (Å²) in [7, 11) is 2.84. The summed E-state index contributed by atoms with van der Waals surface area (Å²) in [6, 6.07) is 10.7. The Hall–Kier alpha value is -3.91. The molecule has 1 atom stereocenters. The van der Waals surface area contributed by atoms with Gasteiger partial charge in [-0.15, -0.1) is 0 Å². The van der Waals surface area contributed by atoms with Crippen molar-refractivity contribution in [3.63, 3.8) is 0 Å². The zero-order valence-corrected chi connectivity index (χ0v) is 18.6. The van der Waals surface area contributed by atoms with E-state index in [1.54, 1.807) is 48.9 Å². The van der Waals surface area contributed by atoms with Gasteiger partial charge >= 0.3 is 0 Å². The van der Waals surface area contributed by atoms with Crippen LogP contribution < -0.4 is 9.47 Å². The van der Waals surface area contributed by atoms with Gasteiger partial charge in [0, 0.05) is 31.2 Å². The number of ketones is 1. The number of carbonyl (C=O) groups excluding carboxylic acids is 2. The number of Topliss-reactive ketones (excluding diaryl/α,β-unsaturated/α-hetero) is 1. The molecule has 1 aliphatic heterocycles. The number of nitrogens with zero attached hydrogens (tertiary/aromatic N) is 3. The number of hydrogen-bond donors (Lipinski definition) is 1. The number of pyridine rings is 2. The minimum absolute atomic E-state index is 0.106. The molecule has 1 N–H and O–H groups in total. The van der Waals surface area contributed by atoms with Gasteiger partial charge in [0.2, 0.25) is 0 Å². The minimum Gasteiger partial charge on any atom is -0.507 e. The average Bonchev–Trinajstić information content (AvgIpc) is 3.09. The predicted octanol–water partition coefficient (Wildman–Crippen LogP) is 3.77. The van der Waals surface area contributed by atoms with Gasteiger partial charge in [0.15, 0.2) is 0 Å². The predicted molar refractivity (Wildman–Crippen MR) is 121 cm³/mol. The number of methoxy groups -OCH3 is 2. The first-order valence-electron chi connectivity index (χ1n) is 9.96. The zero-order valence-electron chi connectivity index (χ0n) is 17.9. The zero-order chi connectivity index (χ0) is 23.5. The molecule has 0 bridgehead atoms. The van der Waals surface area contributed by atoms with Crippen LogP contribution in [0.5, 0.6) is 11.5 Å². The number of amides is 1. The van der Waals surface area contributed by atoms with E-state index in [0.717, 1.165) is 5.56 Å². The van der Waals surface area contributed by atoms with Gasteiger partial charge in [0.25, 0.3) is 11.7 Å². The highest BCUT2D eigenvalue weighted by Crippen LogP contribution is 2.43. The van der Waals surface area contributed by atoms with E-state index in [1.165, 1.54) is 31.3 Å². The molecule has 9 heteroatoms. The number of rotatable bonds is 6. The standard InChI is InChI=1S/C24H20ClN3O5/c1-32-18-11-16(25)19(33-2)10-15(18)22(29)20-21(17-7-3-4-9-27-17)28(24(31)23(20)30)13-14-6-5-8-26-12-14/h3-12,21,29H,13H2,1-2H3/b22-20+. The molecule has 1 unspecified atom stereocenters. The minimum atomic E-state index is -0.919. The number of halogens is 1. The number of aliphatic hydroxyl groups excluding tert-OH is 1. The Kier molecular flexibility index (Phi) is 6.28. The molecule has 1 fully saturated rings. The molecule has 1 amide bonds. The fourth-order valence-electron chi connectivity index (χ4n) is 3.77. The van der Waals surface area contributed by atoms with Gasteiger partial charge in [-0.25, -0.2) is 0 Å². The van der Waals surface area contributed by atoms with Crippen molar-refractivity contribution in [2.24, 2.45) is 0 Å². The summed E-state index contributed by atoms with van der Waals surface area (Å²) in [5.41, 5.74) is 1.22.